The molecule has 0 unspecified atom stereocenters. The summed E-state index contributed by atoms with van der Waals surface area (Å²) in [4.78, 5) is 18.1. The molecule has 2 saturated heterocycles. The minimum Gasteiger partial charge on any atom is -0.490 e. The number of imidazole rings is 1. The van der Waals surface area contributed by atoms with Crippen molar-refractivity contribution in [3.05, 3.63) is 60.2 Å². The van der Waals surface area contributed by atoms with Crippen molar-refractivity contribution in [1.82, 2.24) is 19.0 Å². The molecule has 0 spiro atoms. The number of nitrogens with zero attached hydrogens (tertiary/aromatic N) is 4. The maximum Gasteiger partial charge on any atom is 0.262 e. The normalized spacial score (nSPS) is 24.2. The number of hydrogen-bond acceptors (Lipinski definition) is 5. The summed E-state index contributed by atoms with van der Waals surface area (Å²) in [6.07, 6.45) is 7.54. The Kier molecular flexibility index (Phi) is 3.96. The molecule has 3 fully saturated rings. The predicted molar refractivity (Wildman–Crippen MR) is 119 cm³/mol. The van der Waals surface area contributed by atoms with Gasteiger partial charge < -0.3 is 19.2 Å². The summed E-state index contributed by atoms with van der Waals surface area (Å²) in [5, 5.41) is 7.32. The molecule has 7 rings (SSSR count). The first kappa shape index (κ1) is 19.3. The van der Waals surface area contributed by atoms with E-state index in [0.717, 1.165) is 29.7 Å². The molecule has 6 heterocycles. The first-order chi connectivity index (χ1) is 15.3. The molecule has 1 amide bonds. The summed E-state index contributed by atoms with van der Waals surface area (Å²) >= 11 is 0. The summed E-state index contributed by atoms with van der Waals surface area (Å²) in [6.45, 7) is 6.73. The van der Waals surface area contributed by atoms with Gasteiger partial charge in [-0.1, -0.05) is 6.07 Å². The highest BCUT2D eigenvalue weighted by atomic mass is 16.5. The van der Waals surface area contributed by atoms with E-state index in [1.165, 1.54) is 0 Å². The standard InChI is InChI=1S/C24H25N5O3/c1-15(2)32-18-9-21-25-19(24-12-23(3,13-24)31-14-24)11-28(21)10-17(18)22(30)26-20-8-16-6-4-5-7-29(16)27-20/h4-11,15H,12-14H2,1-3H3,(H,26,27,30). The van der Waals surface area contributed by atoms with E-state index in [-0.39, 0.29) is 23.0 Å². The molecule has 4 aromatic rings. The number of fused-ring (bicyclic) bond motifs is 3. The van der Waals surface area contributed by atoms with Gasteiger partial charge in [0.25, 0.3) is 5.91 Å². The number of ether oxygens (including phenoxy) is 2. The number of amides is 1. The van der Waals surface area contributed by atoms with Gasteiger partial charge in [-0.25, -0.2) is 9.50 Å². The quantitative estimate of drug-likeness (QED) is 0.519. The highest BCUT2D eigenvalue weighted by Gasteiger charge is 2.61. The van der Waals surface area contributed by atoms with Crippen molar-refractivity contribution in [1.29, 1.82) is 0 Å². The fourth-order valence-corrected chi connectivity index (χ4v) is 5.13. The van der Waals surface area contributed by atoms with Crippen LogP contribution >= 0.6 is 0 Å². The smallest absolute Gasteiger partial charge is 0.262 e. The number of carbonyl (C=O) groups excluding carboxylic acids is 1. The summed E-state index contributed by atoms with van der Waals surface area (Å²) in [5.41, 5.74) is 3.09. The lowest BCUT2D eigenvalue weighted by atomic mass is 9.62. The van der Waals surface area contributed by atoms with E-state index in [0.29, 0.717) is 23.7 Å². The van der Waals surface area contributed by atoms with Gasteiger partial charge in [-0.2, -0.15) is 5.10 Å². The third-order valence-corrected chi connectivity index (χ3v) is 6.44. The molecule has 8 heteroatoms. The maximum absolute atomic E-state index is 13.2. The van der Waals surface area contributed by atoms with Crippen molar-refractivity contribution in [2.75, 3.05) is 11.9 Å². The van der Waals surface area contributed by atoms with Gasteiger partial charge in [0.15, 0.2) is 5.82 Å². The minimum absolute atomic E-state index is 0.0130. The van der Waals surface area contributed by atoms with Crippen LogP contribution < -0.4 is 10.1 Å². The second kappa shape index (κ2) is 6.56. The Morgan fingerprint density at radius 2 is 2.09 bits per heavy atom. The first-order valence-corrected chi connectivity index (χ1v) is 10.9. The van der Waals surface area contributed by atoms with Crippen LogP contribution in [0, 0.1) is 0 Å². The molecule has 2 aliphatic heterocycles. The van der Waals surface area contributed by atoms with Crippen LogP contribution in [0.4, 0.5) is 5.82 Å². The van der Waals surface area contributed by atoms with E-state index < -0.39 is 0 Å². The number of carbonyl (C=O) groups is 1. The Bertz CT molecular complexity index is 1330. The van der Waals surface area contributed by atoms with Gasteiger partial charge >= 0.3 is 0 Å². The van der Waals surface area contributed by atoms with Crippen LogP contribution in [0.3, 0.4) is 0 Å². The average Bonchev–Trinajstić information content (AvgIpc) is 3.46. The number of rotatable bonds is 5. The highest BCUT2D eigenvalue weighted by Crippen LogP contribution is 2.58. The number of nitrogens with one attached hydrogen (secondary N) is 1. The molecular formula is C24H25N5O3. The topological polar surface area (TPSA) is 82.2 Å². The zero-order valence-corrected chi connectivity index (χ0v) is 18.3. The van der Waals surface area contributed by atoms with Gasteiger partial charge in [0.2, 0.25) is 0 Å². The van der Waals surface area contributed by atoms with Crippen LogP contribution in [0.2, 0.25) is 0 Å². The molecule has 32 heavy (non-hydrogen) atoms. The first-order valence-electron chi connectivity index (χ1n) is 10.9. The Labute approximate surface area is 185 Å². The zero-order valence-electron chi connectivity index (χ0n) is 18.3. The number of aromatic nitrogens is 4. The average molecular weight is 431 g/mol. The lowest BCUT2D eigenvalue weighted by Gasteiger charge is -2.41. The third-order valence-electron chi connectivity index (χ3n) is 6.44. The van der Waals surface area contributed by atoms with E-state index in [9.17, 15) is 4.79 Å². The van der Waals surface area contributed by atoms with Crippen molar-refractivity contribution in [3.63, 3.8) is 0 Å². The molecule has 0 radical (unpaired) electrons. The van der Waals surface area contributed by atoms with Crippen LogP contribution in [-0.2, 0) is 10.2 Å². The molecule has 1 N–H and O–H groups in total. The van der Waals surface area contributed by atoms with Crippen LogP contribution in [0.1, 0.15) is 49.7 Å². The second-order valence-corrected chi connectivity index (χ2v) is 9.54. The molecular weight excluding hydrogens is 406 g/mol. The summed E-state index contributed by atoms with van der Waals surface area (Å²) in [5.74, 6) is 0.711. The van der Waals surface area contributed by atoms with Crippen LogP contribution in [-0.4, -0.2) is 43.2 Å². The summed E-state index contributed by atoms with van der Waals surface area (Å²) in [7, 11) is 0. The van der Waals surface area contributed by atoms with Crippen LogP contribution in [0.25, 0.3) is 11.2 Å². The lowest BCUT2D eigenvalue weighted by molar-refractivity contribution is 0.0154. The van der Waals surface area contributed by atoms with E-state index in [4.69, 9.17) is 14.5 Å². The molecule has 4 aromatic heterocycles. The molecule has 1 saturated carbocycles. The van der Waals surface area contributed by atoms with Gasteiger partial charge in [0.1, 0.15) is 11.4 Å². The van der Waals surface area contributed by atoms with Crippen molar-refractivity contribution >= 4 is 22.9 Å². The third kappa shape index (κ3) is 2.97. The number of pyridine rings is 2. The predicted octanol–water partition coefficient (Wildman–Crippen LogP) is 3.84. The molecule has 8 nitrogen and oxygen atoms in total. The van der Waals surface area contributed by atoms with Gasteiger partial charge in [-0.05, 0) is 45.7 Å². The summed E-state index contributed by atoms with van der Waals surface area (Å²) in [6, 6.07) is 9.44. The van der Waals surface area contributed by atoms with Crippen LogP contribution in [0.5, 0.6) is 5.75 Å². The molecule has 1 aliphatic carbocycles. The van der Waals surface area contributed by atoms with Crippen molar-refractivity contribution in [2.24, 2.45) is 0 Å². The largest absolute Gasteiger partial charge is 0.490 e. The van der Waals surface area contributed by atoms with Gasteiger partial charge in [-0.3, -0.25) is 4.79 Å². The van der Waals surface area contributed by atoms with E-state index in [2.05, 4.69) is 17.3 Å². The van der Waals surface area contributed by atoms with Crippen molar-refractivity contribution < 1.29 is 14.3 Å². The molecule has 0 atom stereocenters. The Morgan fingerprint density at radius 3 is 2.81 bits per heavy atom. The zero-order chi connectivity index (χ0) is 22.1. The van der Waals surface area contributed by atoms with E-state index in [1.54, 1.807) is 10.7 Å². The van der Waals surface area contributed by atoms with E-state index in [1.807, 2.05) is 61.0 Å². The van der Waals surface area contributed by atoms with Crippen LogP contribution in [0.15, 0.2) is 48.9 Å². The Hall–Kier alpha value is -3.39. The monoisotopic (exact) mass is 431 g/mol. The molecule has 3 aliphatic rings. The van der Waals surface area contributed by atoms with Gasteiger partial charge in [-0.15, -0.1) is 0 Å². The molecule has 0 aromatic carbocycles. The second-order valence-electron chi connectivity index (χ2n) is 9.54. The fourth-order valence-electron chi connectivity index (χ4n) is 5.13. The van der Waals surface area contributed by atoms with Crippen molar-refractivity contribution in [3.8, 4) is 5.75 Å². The highest BCUT2D eigenvalue weighted by molar-refractivity contribution is 6.06. The number of anilines is 1. The molecule has 2 bridgehead atoms. The lowest BCUT2D eigenvalue weighted by Crippen LogP contribution is -2.45. The van der Waals surface area contributed by atoms with Gasteiger partial charge in [0, 0.05) is 36.1 Å². The summed E-state index contributed by atoms with van der Waals surface area (Å²) < 4.78 is 15.6. The van der Waals surface area contributed by atoms with Crippen molar-refractivity contribution in [2.45, 2.75) is 50.7 Å². The SMILES string of the molecule is CC(C)Oc1cc2nc(C34COC(C)(C3)C4)cn2cc1C(=O)Nc1cc2ccccn2n1. The minimum atomic E-state index is -0.278. The molecule has 164 valence electrons. The Morgan fingerprint density at radius 1 is 1.25 bits per heavy atom. The maximum atomic E-state index is 13.2. The Balaban J connectivity index is 1.36. The fraction of sp³-hybridized carbons (Fsp3) is 0.375. The number of hydrogen-bond donors (Lipinski definition) is 1. The van der Waals surface area contributed by atoms with E-state index >= 15 is 0 Å². The van der Waals surface area contributed by atoms with Gasteiger partial charge in [0.05, 0.1) is 35.1 Å².